The number of carbonyl (C=O) groups is 1. The van der Waals surface area contributed by atoms with Gasteiger partial charge in [-0.2, -0.15) is 0 Å². The molecule has 7 nitrogen and oxygen atoms in total. The van der Waals surface area contributed by atoms with Gasteiger partial charge < -0.3 is 14.8 Å². The number of aromatic amines is 1. The van der Waals surface area contributed by atoms with E-state index in [0.717, 1.165) is 31.7 Å². The first kappa shape index (κ1) is 20.2. The molecule has 0 atom stereocenters. The molecule has 1 aliphatic rings. The van der Waals surface area contributed by atoms with E-state index in [2.05, 4.69) is 11.9 Å². The standard InChI is InChI=1S/C22H21NO6S/c1-2-3-4-5-10-29-13-6-8-18-14(11-13)20-19(30(18,27)28)9-7-15-21(20)17(24)12-16(23-15)22(25)26/h6-9,11-12H,2-5,10H2,1H3,(H,23,24)(H,25,26). The van der Waals surface area contributed by atoms with Gasteiger partial charge in [0.1, 0.15) is 11.4 Å². The second kappa shape index (κ2) is 7.60. The Balaban J connectivity index is 1.84. The van der Waals surface area contributed by atoms with Gasteiger partial charge in [0.2, 0.25) is 9.84 Å². The summed E-state index contributed by atoms with van der Waals surface area (Å²) in [4.78, 5) is 26.8. The third-order valence-corrected chi connectivity index (χ3v) is 7.11. The summed E-state index contributed by atoms with van der Waals surface area (Å²) < 4.78 is 31.8. The van der Waals surface area contributed by atoms with Crippen LogP contribution in [-0.4, -0.2) is 31.1 Å². The molecule has 0 aliphatic carbocycles. The van der Waals surface area contributed by atoms with E-state index in [0.29, 0.717) is 17.9 Å². The summed E-state index contributed by atoms with van der Waals surface area (Å²) >= 11 is 0. The average Bonchev–Trinajstić information content (AvgIpc) is 2.94. The maximum Gasteiger partial charge on any atom is 0.352 e. The number of unbranched alkanes of at least 4 members (excludes halogenated alkanes) is 3. The molecular weight excluding hydrogens is 406 g/mol. The van der Waals surface area contributed by atoms with Crippen molar-refractivity contribution in [3.63, 3.8) is 0 Å². The van der Waals surface area contributed by atoms with Crippen LogP contribution in [0.1, 0.15) is 43.1 Å². The summed E-state index contributed by atoms with van der Waals surface area (Å²) in [7, 11) is -3.77. The summed E-state index contributed by atoms with van der Waals surface area (Å²) in [5.41, 5.74) is 0.157. The van der Waals surface area contributed by atoms with Gasteiger partial charge in [-0.25, -0.2) is 13.2 Å². The molecule has 0 amide bonds. The van der Waals surface area contributed by atoms with Gasteiger partial charge in [-0.3, -0.25) is 4.79 Å². The van der Waals surface area contributed by atoms with E-state index < -0.39 is 21.2 Å². The van der Waals surface area contributed by atoms with Crippen molar-refractivity contribution in [3.05, 3.63) is 52.3 Å². The molecule has 2 aromatic carbocycles. The number of aromatic carboxylic acids is 1. The van der Waals surface area contributed by atoms with Crippen LogP contribution in [0.2, 0.25) is 0 Å². The predicted octanol–water partition coefficient (Wildman–Crippen LogP) is 4.00. The third kappa shape index (κ3) is 3.27. The van der Waals surface area contributed by atoms with Crippen LogP contribution in [0.3, 0.4) is 0 Å². The molecule has 2 N–H and O–H groups in total. The summed E-state index contributed by atoms with van der Waals surface area (Å²) in [5.74, 6) is -0.731. The Hall–Kier alpha value is -3.13. The fourth-order valence-electron chi connectivity index (χ4n) is 3.80. The highest BCUT2D eigenvalue weighted by atomic mass is 32.2. The molecule has 1 aromatic heterocycles. The summed E-state index contributed by atoms with van der Waals surface area (Å²) in [6.45, 7) is 2.65. The van der Waals surface area contributed by atoms with Gasteiger partial charge >= 0.3 is 5.97 Å². The number of pyridine rings is 1. The van der Waals surface area contributed by atoms with Gasteiger partial charge in [0.25, 0.3) is 0 Å². The van der Waals surface area contributed by atoms with E-state index >= 15 is 0 Å². The molecule has 0 bridgehead atoms. The fourth-order valence-corrected chi connectivity index (χ4v) is 5.46. The van der Waals surface area contributed by atoms with Gasteiger partial charge in [0.05, 0.1) is 27.3 Å². The lowest BCUT2D eigenvalue weighted by Gasteiger charge is -2.09. The summed E-state index contributed by atoms with van der Waals surface area (Å²) in [6.07, 6.45) is 4.22. The van der Waals surface area contributed by atoms with Crippen LogP contribution in [-0.2, 0) is 9.84 Å². The quantitative estimate of drug-likeness (QED) is 0.431. The SMILES string of the molecule is CCCCCCOc1ccc2c(c1)-c1c(ccc3[nH]c(C(=O)O)cc(=O)c13)S2(=O)=O. The van der Waals surface area contributed by atoms with Crippen molar-refractivity contribution >= 4 is 26.7 Å². The number of aromatic nitrogens is 1. The second-order valence-electron chi connectivity index (χ2n) is 7.28. The molecular formula is C22H21NO6S. The maximum atomic E-state index is 13.0. The highest BCUT2D eigenvalue weighted by Crippen LogP contribution is 2.46. The Morgan fingerprint density at radius 3 is 2.57 bits per heavy atom. The van der Waals surface area contributed by atoms with Crippen LogP contribution in [0.25, 0.3) is 22.0 Å². The molecule has 0 radical (unpaired) electrons. The van der Waals surface area contributed by atoms with Crippen LogP contribution >= 0.6 is 0 Å². The van der Waals surface area contributed by atoms with Gasteiger partial charge in [0.15, 0.2) is 5.43 Å². The van der Waals surface area contributed by atoms with Crippen LogP contribution in [0.4, 0.5) is 0 Å². The normalized spacial score (nSPS) is 13.8. The van der Waals surface area contributed by atoms with Crippen molar-refractivity contribution < 1.29 is 23.1 Å². The molecule has 2 heterocycles. The zero-order valence-electron chi connectivity index (χ0n) is 16.4. The van der Waals surface area contributed by atoms with Crippen LogP contribution in [0.5, 0.6) is 5.75 Å². The minimum Gasteiger partial charge on any atom is -0.494 e. The van der Waals surface area contributed by atoms with E-state index in [1.165, 1.54) is 18.2 Å². The van der Waals surface area contributed by atoms with E-state index in [4.69, 9.17) is 4.74 Å². The Morgan fingerprint density at radius 2 is 1.83 bits per heavy atom. The second-order valence-corrected chi connectivity index (χ2v) is 9.17. The Morgan fingerprint density at radius 1 is 1.07 bits per heavy atom. The number of rotatable bonds is 7. The molecule has 8 heteroatoms. The Bertz CT molecular complexity index is 1320. The first-order valence-electron chi connectivity index (χ1n) is 9.80. The van der Waals surface area contributed by atoms with Gasteiger partial charge in [-0.05, 0) is 36.8 Å². The number of hydrogen-bond donors (Lipinski definition) is 2. The fraction of sp³-hybridized carbons (Fsp3) is 0.273. The lowest BCUT2D eigenvalue weighted by molar-refractivity contribution is 0.0691. The highest BCUT2D eigenvalue weighted by molar-refractivity contribution is 7.92. The van der Waals surface area contributed by atoms with Gasteiger partial charge in [-0.1, -0.05) is 26.2 Å². The Labute approximate surface area is 173 Å². The number of hydrogen-bond acceptors (Lipinski definition) is 5. The van der Waals surface area contributed by atoms with E-state index in [1.807, 2.05) is 0 Å². The predicted molar refractivity (Wildman–Crippen MR) is 112 cm³/mol. The van der Waals surface area contributed by atoms with Crippen LogP contribution in [0.15, 0.2) is 51.0 Å². The molecule has 4 rings (SSSR count). The number of benzene rings is 2. The average molecular weight is 427 g/mol. The first-order valence-corrected chi connectivity index (χ1v) is 11.3. The molecule has 30 heavy (non-hydrogen) atoms. The number of carboxylic acid groups (broad SMARTS) is 1. The summed E-state index contributed by atoms with van der Waals surface area (Å²) in [6, 6.07) is 8.57. The number of ether oxygens (including phenoxy) is 1. The first-order chi connectivity index (χ1) is 14.3. The number of fused-ring (bicyclic) bond motifs is 5. The number of nitrogens with one attached hydrogen (secondary N) is 1. The van der Waals surface area contributed by atoms with Crippen molar-refractivity contribution in [1.29, 1.82) is 0 Å². The largest absolute Gasteiger partial charge is 0.494 e. The van der Waals surface area contributed by atoms with Crippen molar-refractivity contribution in [3.8, 4) is 16.9 Å². The number of sulfone groups is 1. The molecule has 0 unspecified atom stereocenters. The molecule has 3 aromatic rings. The highest BCUT2D eigenvalue weighted by Gasteiger charge is 2.35. The molecule has 0 fully saturated rings. The topological polar surface area (TPSA) is 114 Å². The van der Waals surface area contributed by atoms with Gasteiger partial charge in [-0.15, -0.1) is 0 Å². The number of carboxylic acids is 1. The maximum absolute atomic E-state index is 13.0. The van der Waals surface area contributed by atoms with E-state index in [9.17, 15) is 23.1 Å². The minimum absolute atomic E-state index is 0.0404. The molecule has 0 saturated carbocycles. The zero-order valence-corrected chi connectivity index (χ0v) is 17.2. The van der Waals surface area contributed by atoms with Crippen molar-refractivity contribution in [1.82, 2.24) is 4.98 Å². The lowest BCUT2D eigenvalue weighted by Crippen LogP contribution is -2.10. The van der Waals surface area contributed by atoms with E-state index in [-0.39, 0.29) is 32.0 Å². The molecule has 0 saturated heterocycles. The molecule has 0 spiro atoms. The summed E-state index contributed by atoms with van der Waals surface area (Å²) in [5, 5.41) is 9.35. The number of H-pyrrole nitrogens is 1. The zero-order chi connectivity index (χ0) is 21.5. The monoisotopic (exact) mass is 427 g/mol. The van der Waals surface area contributed by atoms with Crippen LogP contribution in [0, 0.1) is 0 Å². The van der Waals surface area contributed by atoms with Crippen molar-refractivity contribution in [2.24, 2.45) is 0 Å². The van der Waals surface area contributed by atoms with Crippen molar-refractivity contribution in [2.45, 2.75) is 42.4 Å². The smallest absolute Gasteiger partial charge is 0.352 e. The molecule has 156 valence electrons. The Kier molecular flexibility index (Phi) is 5.11. The van der Waals surface area contributed by atoms with E-state index in [1.54, 1.807) is 12.1 Å². The third-order valence-electron chi connectivity index (χ3n) is 5.25. The van der Waals surface area contributed by atoms with Crippen LogP contribution < -0.4 is 10.2 Å². The lowest BCUT2D eigenvalue weighted by atomic mass is 10.00. The minimum atomic E-state index is -3.77. The van der Waals surface area contributed by atoms with Crippen molar-refractivity contribution in [2.75, 3.05) is 6.61 Å². The molecule has 1 aliphatic heterocycles. The van der Waals surface area contributed by atoms with Gasteiger partial charge in [0, 0.05) is 17.2 Å².